The standard InChI is InChI=1S/C19H19N5O3/c1-10(6-17(25)26)24-12(3)18(11(2)23-24)16-7-14(13-4-5-27-9-13)15(8-20)19(21)22-16/h4-5,7,9-10H,6H2,1-3H3,(H2,21,22)(H,25,26). The van der Waals surface area contributed by atoms with Crippen LogP contribution >= 0.6 is 0 Å². The molecule has 8 nitrogen and oxygen atoms in total. The summed E-state index contributed by atoms with van der Waals surface area (Å²) in [5, 5.41) is 23.0. The number of aryl methyl sites for hydroxylation is 1. The molecular formula is C19H19N5O3. The Morgan fingerprint density at radius 1 is 1.48 bits per heavy atom. The maximum atomic E-state index is 11.0. The van der Waals surface area contributed by atoms with E-state index in [2.05, 4.69) is 16.2 Å². The predicted octanol–water partition coefficient (Wildman–Crippen LogP) is 3.31. The predicted molar refractivity (Wildman–Crippen MR) is 98.7 cm³/mol. The Bertz CT molecular complexity index is 1040. The summed E-state index contributed by atoms with van der Waals surface area (Å²) in [7, 11) is 0. The number of anilines is 1. The van der Waals surface area contributed by atoms with Crippen LogP contribution < -0.4 is 5.73 Å². The molecule has 3 heterocycles. The summed E-state index contributed by atoms with van der Waals surface area (Å²) >= 11 is 0. The zero-order valence-corrected chi connectivity index (χ0v) is 15.2. The molecule has 8 heteroatoms. The SMILES string of the molecule is Cc1nn(C(C)CC(=O)O)c(C)c1-c1cc(-c2ccoc2)c(C#N)c(N)n1. The number of carboxylic acids is 1. The summed E-state index contributed by atoms with van der Waals surface area (Å²) in [4.78, 5) is 15.4. The number of nitrogens with two attached hydrogens (primary N) is 1. The van der Waals surface area contributed by atoms with E-state index in [0.717, 1.165) is 16.8 Å². The van der Waals surface area contributed by atoms with Crippen molar-refractivity contribution in [3.05, 3.63) is 41.6 Å². The number of nitrogen functional groups attached to an aromatic ring is 1. The number of aromatic nitrogens is 3. The van der Waals surface area contributed by atoms with Gasteiger partial charge in [-0.1, -0.05) is 0 Å². The van der Waals surface area contributed by atoms with Crippen molar-refractivity contribution in [3.8, 4) is 28.5 Å². The van der Waals surface area contributed by atoms with Gasteiger partial charge in [0, 0.05) is 22.4 Å². The van der Waals surface area contributed by atoms with E-state index in [4.69, 9.17) is 15.3 Å². The molecule has 1 unspecified atom stereocenters. The van der Waals surface area contributed by atoms with Crippen LogP contribution in [-0.2, 0) is 4.79 Å². The summed E-state index contributed by atoms with van der Waals surface area (Å²) in [6, 6.07) is 5.31. The van der Waals surface area contributed by atoms with Crippen LogP contribution in [0.2, 0.25) is 0 Å². The van der Waals surface area contributed by atoms with Gasteiger partial charge in [-0.25, -0.2) is 4.98 Å². The summed E-state index contributed by atoms with van der Waals surface area (Å²) in [5.41, 5.74) is 10.5. The first-order valence-electron chi connectivity index (χ1n) is 8.34. The van der Waals surface area contributed by atoms with Gasteiger partial charge in [-0.15, -0.1) is 0 Å². The molecule has 0 saturated heterocycles. The molecule has 0 aliphatic heterocycles. The molecule has 0 bridgehead atoms. The maximum absolute atomic E-state index is 11.0. The smallest absolute Gasteiger partial charge is 0.305 e. The van der Waals surface area contributed by atoms with Crippen LogP contribution in [0.4, 0.5) is 5.82 Å². The van der Waals surface area contributed by atoms with Gasteiger partial charge in [0.2, 0.25) is 0 Å². The third kappa shape index (κ3) is 3.27. The van der Waals surface area contributed by atoms with Crippen LogP contribution in [0.25, 0.3) is 22.4 Å². The fourth-order valence-electron chi connectivity index (χ4n) is 3.26. The molecule has 138 valence electrons. The van der Waals surface area contributed by atoms with Crippen molar-refractivity contribution in [1.29, 1.82) is 5.26 Å². The van der Waals surface area contributed by atoms with Crippen molar-refractivity contribution in [3.63, 3.8) is 0 Å². The molecular weight excluding hydrogens is 346 g/mol. The van der Waals surface area contributed by atoms with Gasteiger partial charge in [-0.2, -0.15) is 10.4 Å². The van der Waals surface area contributed by atoms with Crippen LogP contribution in [0.1, 0.15) is 36.3 Å². The van der Waals surface area contributed by atoms with Crippen molar-refractivity contribution in [2.45, 2.75) is 33.2 Å². The molecule has 0 amide bonds. The van der Waals surface area contributed by atoms with Crippen LogP contribution in [0.15, 0.2) is 29.1 Å². The molecule has 0 aliphatic carbocycles. The first-order valence-corrected chi connectivity index (χ1v) is 8.34. The number of hydrogen-bond acceptors (Lipinski definition) is 6. The minimum atomic E-state index is -0.889. The van der Waals surface area contributed by atoms with Gasteiger partial charge in [-0.05, 0) is 32.9 Å². The summed E-state index contributed by atoms with van der Waals surface area (Å²) in [6.45, 7) is 5.50. The topological polar surface area (TPSA) is 131 Å². The maximum Gasteiger partial charge on any atom is 0.305 e. The highest BCUT2D eigenvalue weighted by Crippen LogP contribution is 2.34. The van der Waals surface area contributed by atoms with Crippen LogP contribution in [0.3, 0.4) is 0 Å². The molecule has 0 aliphatic rings. The molecule has 1 atom stereocenters. The zero-order valence-electron chi connectivity index (χ0n) is 15.2. The summed E-state index contributed by atoms with van der Waals surface area (Å²) in [5.74, 6) is -0.768. The highest BCUT2D eigenvalue weighted by Gasteiger charge is 2.22. The lowest BCUT2D eigenvalue weighted by atomic mass is 10.00. The van der Waals surface area contributed by atoms with Gasteiger partial charge in [0.25, 0.3) is 0 Å². The number of carboxylic acid groups (broad SMARTS) is 1. The quantitative estimate of drug-likeness (QED) is 0.709. The normalized spacial score (nSPS) is 11.9. The minimum absolute atomic E-state index is 0.0371. The lowest BCUT2D eigenvalue weighted by Crippen LogP contribution is -2.13. The van der Waals surface area contributed by atoms with E-state index in [9.17, 15) is 10.1 Å². The molecule has 0 aromatic carbocycles. The first-order chi connectivity index (χ1) is 12.8. The molecule has 3 aromatic heterocycles. The van der Waals surface area contributed by atoms with Gasteiger partial charge < -0.3 is 15.3 Å². The Labute approximate surface area is 155 Å². The summed E-state index contributed by atoms with van der Waals surface area (Å²) < 4.78 is 6.82. The number of carbonyl (C=O) groups is 1. The second-order valence-electron chi connectivity index (χ2n) is 6.38. The number of hydrogen-bond donors (Lipinski definition) is 2. The minimum Gasteiger partial charge on any atom is -0.481 e. The second-order valence-corrected chi connectivity index (χ2v) is 6.38. The number of nitrogens with zero attached hydrogens (tertiary/aromatic N) is 4. The van der Waals surface area contributed by atoms with E-state index in [1.807, 2.05) is 13.8 Å². The largest absolute Gasteiger partial charge is 0.481 e. The molecule has 3 aromatic rings. The van der Waals surface area contributed by atoms with E-state index in [1.165, 1.54) is 12.5 Å². The van der Waals surface area contributed by atoms with Crippen molar-refractivity contribution in [2.75, 3.05) is 5.73 Å². The average Bonchev–Trinajstić information content (AvgIpc) is 3.22. The Balaban J connectivity index is 2.17. The van der Waals surface area contributed by atoms with Crippen LogP contribution in [0, 0.1) is 25.2 Å². The van der Waals surface area contributed by atoms with E-state index in [-0.39, 0.29) is 23.8 Å². The number of rotatable bonds is 5. The second kappa shape index (κ2) is 6.96. The van der Waals surface area contributed by atoms with Gasteiger partial charge >= 0.3 is 5.97 Å². The Morgan fingerprint density at radius 3 is 2.81 bits per heavy atom. The van der Waals surface area contributed by atoms with Gasteiger partial charge in [0.15, 0.2) is 0 Å². The van der Waals surface area contributed by atoms with Gasteiger partial charge in [0.05, 0.1) is 36.4 Å². The zero-order chi connectivity index (χ0) is 19.7. The highest BCUT2D eigenvalue weighted by atomic mass is 16.4. The number of aliphatic carboxylic acids is 1. The lowest BCUT2D eigenvalue weighted by molar-refractivity contribution is -0.137. The Hall–Kier alpha value is -3.60. The van der Waals surface area contributed by atoms with Crippen molar-refractivity contribution >= 4 is 11.8 Å². The van der Waals surface area contributed by atoms with E-state index < -0.39 is 5.97 Å². The fourth-order valence-corrected chi connectivity index (χ4v) is 3.26. The van der Waals surface area contributed by atoms with E-state index in [1.54, 1.807) is 23.7 Å². The van der Waals surface area contributed by atoms with Crippen LogP contribution in [-0.4, -0.2) is 25.8 Å². The first kappa shape index (κ1) is 18.2. The lowest BCUT2D eigenvalue weighted by Gasteiger charge is -2.13. The van der Waals surface area contributed by atoms with Crippen molar-refractivity contribution in [2.24, 2.45) is 0 Å². The summed E-state index contributed by atoms with van der Waals surface area (Å²) in [6.07, 6.45) is 3.02. The molecule has 27 heavy (non-hydrogen) atoms. The van der Waals surface area contributed by atoms with Crippen LogP contribution in [0.5, 0.6) is 0 Å². The molecule has 0 spiro atoms. The third-order valence-electron chi connectivity index (χ3n) is 4.46. The number of nitriles is 1. The molecule has 0 fully saturated rings. The Kier molecular flexibility index (Phi) is 4.69. The Morgan fingerprint density at radius 2 is 2.22 bits per heavy atom. The molecule has 0 saturated carbocycles. The number of furan rings is 1. The molecule has 3 N–H and O–H groups in total. The van der Waals surface area contributed by atoms with E-state index in [0.29, 0.717) is 17.0 Å². The molecule has 3 rings (SSSR count). The highest BCUT2D eigenvalue weighted by molar-refractivity contribution is 5.80. The fraction of sp³-hybridized carbons (Fsp3) is 0.263. The van der Waals surface area contributed by atoms with Crippen molar-refractivity contribution in [1.82, 2.24) is 14.8 Å². The molecule has 0 radical (unpaired) electrons. The third-order valence-corrected chi connectivity index (χ3v) is 4.46. The van der Waals surface area contributed by atoms with E-state index >= 15 is 0 Å². The van der Waals surface area contributed by atoms with Gasteiger partial charge in [-0.3, -0.25) is 9.48 Å². The monoisotopic (exact) mass is 365 g/mol. The van der Waals surface area contributed by atoms with Crippen molar-refractivity contribution < 1.29 is 14.3 Å². The average molecular weight is 365 g/mol. The number of pyridine rings is 1. The van der Waals surface area contributed by atoms with Gasteiger partial charge in [0.1, 0.15) is 17.5 Å².